The van der Waals surface area contributed by atoms with E-state index in [9.17, 15) is 38.4 Å². The number of nitrogens with zero attached hydrogens (tertiary/aromatic N) is 6. The summed E-state index contributed by atoms with van der Waals surface area (Å²) in [4.78, 5) is 112. The summed E-state index contributed by atoms with van der Waals surface area (Å²) in [6, 6.07) is 12.0. The highest BCUT2D eigenvalue weighted by molar-refractivity contribution is 6.37. The van der Waals surface area contributed by atoms with Crippen molar-refractivity contribution in [2.45, 2.75) is 90.3 Å². The first-order chi connectivity index (χ1) is 34.9. The van der Waals surface area contributed by atoms with Crippen LogP contribution in [0.15, 0.2) is 66.7 Å². The van der Waals surface area contributed by atoms with Crippen LogP contribution in [0.2, 0.25) is 5.02 Å². The number of nitrogens with two attached hydrogens (primary N) is 2. The number of imide groups is 1. The Morgan fingerprint density at radius 3 is 2.25 bits per heavy atom. The van der Waals surface area contributed by atoms with Crippen LogP contribution in [0.3, 0.4) is 0 Å². The van der Waals surface area contributed by atoms with Gasteiger partial charge in [-0.1, -0.05) is 50.1 Å². The van der Waals surface area contributed by atoms with Gasteiger partial charge in [0.25, 0.3) is 23.6 Å². The van der Waals surface area contributed by atoms with E-state index in [1.54, 1.807) is 32.0 Å². The molecule has 5 aromatic rings. The van der Waals surface area contributed by atoms with E-state index in [1.807, 2.05) is 18.2 Å². The summed E-state index contributed by atoms with van der Waals surface area (Å²) in [5.74, 6) is -3.87. The summed E-state index contributed by atoms with van der Waals surface area (Å²) < 4.78 is 4.96. The first-order valence-corrected chi connectivity index (χ1v) is 23.9. The largest absolute Gasteiger partial charge is 0.467 e. The topological polar surface area (TPSA) is 341 Å². The molecule has 1 aliphatic heterocycles. The number of carbonyl (C=O) groups excluding carboxylic acids is 8. The van der Waals surface area contributed by atoms with E-state index < -0.39 is 47.7 Å². The molecule has 3 atom stereocenters. The third-order valence-electron chi connectivity index (χ3n) is 11.9. The normalized spacial score (nSPS) is 13.4. The Morgan fingerprint density at radius 1 is 0.822 bits per heavy atom. The molecule has 3 heterocycles. The average molecular weight is 1020 g/mol. The van der Waals surface area contributed by atoms with Crippen molar-refractivity contribution in [1.82, 2.24) is 56.8 Å². The molecule has 0 radical (unpaired) electrons. The minimum atomic E-state index is -1.05. The van der Waals surface area contributed by atoms with E-state index in [1.165, 1.54) is 44.4 Å². The number of unbranched alkanes of at least 4 members (excludes halogenated alkanes) is 2. The number of aromatic amines is 1. The zero-order valence-corrected chi connectivity index (χ0v) is 41.4. The number of anilines is 3. The number of hydrogen-bond acceptors (Lipinski definition) is 16. The molecule has 384 valence electrons. The Balaban J connectivity index is 0.970. The predicted molar refractivity (Wildman–Crippen MR) is 269 cm³/mol. The second-order valence-electron chi connectivity index (χ2n) is 17.5. The van der Waals surface area contributed by atoms with Gasteiger partial charge in [0.1, 0.15) is 23.9 Å². The maximum atomic E-state index is 13.6. The number of benzene rings is 3. The molecule has 0 fully saturated rings. The van der Waals surface area contributed by atoms with Gasteiger partial charge in [-0.15, -0.1) is 5.10 Å². The Labute approximate surface area is 424 Å². The number of aryl methyl sites for hydroxylation is 2. The van der Waals surface area contributed by atoms with Gasteiger partial charge in [0, 0.05) is 48.5 Å². The standard InChI is InChI=1S/C49H57ClN14O9/c1-26(2)41(58-36(65)10-6-5-7-24-64-37(66)21-22-38(64)67)47(71)54-27(3)44(68)55-31-18-19-32(33(25-31)43-60-62-63-61-43)46(70)53-23-8-9-35(48(72)73-4)56-45(69)30-15-12-28(13-16-30)11-14-29-17-20-34-39(40(29)50)42(51)59-49(52)57-34/h12-13,15-22,25-27,35,41H,5-11,14,23-24H2,1-4H3,(H,53,70)(H,54,71)(H,55,68)(H,56,69)(H,58,65)(H4,51,52,57,59)(H,60,61,62,63)/t27-,35-,41-/m0/s1. The third-order valence-corrected chi connectivity index (χ3v) is 12.3. The lowest BCUT2D eigenvalue weighted by molar-refractivity contribution is -0.143. The minimum absolute atomic E-state index is 0.0562. The molecule has 1 aliphatic rings. The van der Waals surface area contributed by atoms with E-state index in [-0.39, 0.29) is 90.4 Å². The van der Waals surface area contributed by atoms with E-state index in [2.05, 4.69) is 57.2 Å². The quantitative estimate of drug-likeness (QED) is 0.0250. The van der Waals surface area contributed by atoms with Crippen molar-refractivity contribution in [1.29, 1.82) is 0 Å². The van der Waals surface area contributed by atoms with Gasteiger partial charge in [-0.3, -0.25) is 38.5 Å². The summed E-state index contributed by atoms with van der Waals surface area (Å²) in [6.45, 7) is 5.34. The van der Waals surface area contributed by atoms with E-state index in [0.717, 1.165) is 16.0 Å². The lowest BCUT2D eigenvalue weighted by Gasteiger charge is -2.24. The number of amides is 7. The molecule has 0 saturated carbocycles. The highest BCUT2D eigenvalue weighted by atomic mass is 35.5. The van der Waals surface area contributed by atoms with Crippen LogP contribution in [0, 0.1) is 5.92 Å². The summed E-state index contributed by atoms with van der Waals surface area (Å²) in [5.41, 5.74) is 15.1. The molecule has 2 aromatic heterocycles. The SMILES string of the molecule is COC(=O)[C@H](CCCNC(=O)c1ccc(NC(=O)[C@H](C)NC(=O)[C@@H](NC(=O)CCCCCN2C(=O)C=CC2=O)C(C)C)cc1-c1nnn[nH]1)NC(=O)c1ccc(CCc2ccc3nc(N)nc(N)c3c2Cl)cc1. The van der Waals surface area contributed by atoms with E-state index in [4.69, 9.17) is 27.8 Å². The molecular weight excluding hydrogens is 964 g/mol. The number of methoxy groups -OCH3 is 1. The number of esters is 1. The van der Waals surface area contributed by atoms with Gasteiger partial charge in [0.2, 0.25) is 23.7 Å². The fourth-order valence-electron chi connectivity index (χ4n) is 7.88. The number of tetrazole rings is 1. The summed E-state index contributed by atoms with van der Waals surface area (Å²) in [5, 5.41) is 28.4. The molecule has 0 unspecified atom stereocenters. The second-order valence-corrected chi connectivity index (χ2v) is 17.9. The number of nitrogen functional groups attached to an aromatic ring is 2. The number of fused-ring (bicyclic) bond motifs is 1. The number of ether oxygens (including phenoxy) is 1. The average Bonchev–Trinajstić information content (AvgIpc) is 4.02. The molecule has 6 rings (SSSR count). The highest BCUT2D eigenvalue weighted by Crippen LogP contribution is 2.31. The molecule has 24 heteroatoms. The summed E-state index contributed by atoms with van der Waals surface area (Å²) in [6.07, 6.45) is 5.71. The van der Waals surface area contributed by atoms with E-state index in [0.29, 0.717) is 53.6 Å². The van der Waals surface area contributed by atoms with Crippen molar-refractivity contribution in [2.24, 2.45) is 5.92 Å². The van der Waals surface area contributed by atoms with Crippen LogP contribution >= 0.6 is 11.6 Å². The number of aromatic nitrogens is 6. The molecule has 0 aliphatic carbocycles. The van der Waals surface area contributed by atoms with Gasteiger partial charge < -0.3 is 42.8 Å². The van der Waals surface area contributed by atoms with Crippen LogP contribution in [0.5, 0.6) is 0 Å². The first kappa shape index (κ1) is 54.0. The van der Waals surface area contributed by atoms with Crippen molar-refractivity contribution >= 4 is 87.3 Å². The molecule has 73 heavy (non-hydrogen) atoms. The number of halogens is 1. The van der Waals surface area contributed by atoms with Crippen LogP contribution in [0.25, 0.3) is 22.3 Å². The van der Waals surface area contributed by atoms with Crippen LogP contribution in [0.1, 0.15) is 91.1 Å². The molecule has 7 amide bonds. The van der Waals surface area contributed by atoms with Crippen molar-refractivity contribution in [3.05, 3.63) is 94.0 Å². The Hall–Kier alpha value is -8.34. The van der Waals surface area contributed by atoms with Crippen LogP contribution in [-0.2, 0) is 46.3 Å². The number of H-pyrrole nitrogens is 1. The Kier molecular flexibility index (Phi) is 18.6. The van der Waals surface area contributed by atoms with Gasteiger partial charge in [0.05, 0.1) is 28.6 Å². The molecule has 0 spiro atoms. The van der Waals surface area contributed by atoms with Crippen LogP contribution in [0.4, 0.5) is 17.5 Å². The Bertz CT molecular complexity index is 2880. The first-order valence-electron chi connectivity index (χ1n) is 23.5. The molecule has 3 aromatic carbocycles. The van der Waals surface area contributed by atoms with Crippen molar-refractivity contribution < 1.29 is 43.1 Å². The van der Waals surface area contributed by atoms with Crippen LogP contribution in [-0.4, -0.2) is 121 Å². The number of hydrogen-bond donors (Lipinski definition) is 8. The molecular formula is C49H57ClN14O9. The van der Waals surface area contributed by atoms with E-state index >= 15 is 0 Å². The van der Waals surface area contributed by atoms with Gasteiger partial charge in [0.15, 0.2) is 5.82 Å². The zero-order valence-electron chi connectivity index (χ0n) is 40.6. The molecule has 0 saturated heterocycles. The summed E-state index contributed by atoms with van der Waals surface area (Å²) in [7, 11) is 1.21. The molecule has 0 bridgehead atoms. The lowest BCUT2D eigenvalue weighted by Crippen LogP contribution is -2.53. The maximum Gasteiger partial charge on any atom is 0.328 e. The number of rotatable bonds is 24. The predicted octanol–water partition coefficient (Wildman–Crippen LogP) is 2.96. The number of nitrogens with one attached hydrogen (secondary N) is 6. The van der Waals surface area contributed by atoms with Crippen LogP contribution < -0.4 is 38.1 Å². The fraction of sp³-hybridized carbons (Fsp3) is 0.367. The smallest absolute Gasteiger partial charge is 0.328 e. The van der Waals surface area contributed by atoms with Gasteiger partial charge in [-0.05, 0) is 109 Å². The van der Waals surface area contributed by atoms with Crippen molar-refractivity contribution in [3.8, 4) is 11.4 Å². The zero-order chi connectivity index (χ0) is 52.8. The van der Waals surface area contributed by atoms with Crippen molar-refractivity contribution in [3.63, 3.8) is 0 Å². The van der Waals surface area contributed by atoms with Crippen molar-refractivity contribution in [2.75, 3.05) is 37.0 Å². The Morgan fingerprint density at radius 2 is 1.56 bits per heavy atom. The minimum Gasteiger partial charge on any atom is -0.467 e. The monoisotopic (exact) mass is 1020 g/mol. The maximum absolute atomic E-state index is 13.6. The highest BCUT2D eigenvalue weighted by Gasteiger charge is 2.28. The fourth-order valence-corrected chi connectivity index (χ4v) is 8.23. The summed E-state index contributed by atoms with van der Waals surface area (Å²) >= 11 is 6.66. The number of carbonyl (C=O) groups is 8. The lowest BCUT2D eigenvalue weighted by atomic mass is 10.0. The molecule has 10 N–H and O–H groups in total. The van der Waals surface area contributed by atoms with Gasteiger partial charge in [-0.2, -0.15) is 4.98 Å². The second kappa shape index (κ2) is 25.2. The molecule has 23 nitrogen and oxygen atoms in total. The van der Waals surface area contributed by atoms with Gasteiger partial charge >= 0.3 is 5.97 Å². The van der Waals surface area contributed by atoms with Gasteiger partial charge in [-0.25, -0.2) is 14.9 Å². The third kappa shape index (κ3) is 14.4.